The molecule has 0 radical (unpaired) electrons. The van der Waals surface area contributed by atoms with Gasteiger partial charge in [-0.1, -0.05) is 0 Å². The monoisotopic (exact) mass is 390 g/mol. The van der Waals surface area contributed by atoms with E-state index in [0.29, 0.717) is 10.9 Å². The molecular weight excluding hydrogens is 370 g/mol. The van der Waals surface area contributed by atoms with Crippen LogP contribution < -0.4 is 0 Å². The Morgan fingerprint density at radius 1 is 0.963 bits per heavy atom. The minimum absolute atomic E-state index is 0.0000486. The second kappa shape index (κ2) is 6.73. The number of nitrogens with zero attached hydrogens (tertiary/aromatic N) is 2. The van der Waals surface area contributed by atoms with Gasteiger partial charge < -0.3 is 4.90 Å². The molecular formula is C20H20F2N2O2S. The molecule has 4 rings (SSSR count). The second-order valence-corrected chi connectivity index (χ2v) is 8.89. The lowest BCUT2D eigenvalue weighted by molar-refractivity contribution is 0.256. The van der Waals surface area contributed by atoms with Gasteiger partial charge in [0.25, 0.3) is 10.0 Å². The third-order valence-electron chi connectivity index (χ3n) is 5.29. The predicted molar refractivity (Wildman–Crippen MR) is 100 cm³/mol. The maximum Gasteiger partial charge on any atom is 0.268 e. The molecule has 0 bridgehead atoms. The van der Waals surface area contributed by atoms with Gasteiger partial charge in [-0.05, 0) is 86.9 Å². The van der Waals surface area contributed by atoms with Gasteiger partial charge in [-0.2, -0.15) is 0 Å². The number of hydrogen-bond acceptors (Lipinski definition) is 3. The molecule has 1 aromatic heterocycles. The van der Waals surface area contributed by atoms with Gasteiger partial charge in [0, 0.05) is 11.6 Å². The molecule has 7 heteroatoms. The van der Waals surface area contributed by atoms with Crippen LogP contribution in [-0.2, 0) is 10.0 Å². The van der Waals surface area contributed by atoms with E-state index in [1.165, 1.54) is 34.3 Å². The molecule has 3 aromatic rings. The van der Waals surface area contributed by atoms with Crippen LogP contribution in [-0.4, -0.2) is 37.4 Å². The Balaban J connectivity index is 1.87. The highest BCUT2D eigenvalue weighted by atomic mass is 32.2. The number of aromatic nitrogens is 1. The van der Waals surface area contributed by atoms with Gasteiger partial charge in [0.2, 0.25) is 0 Å². The van der Waals surface area contributed by atoms with E-state index in [0.717, 1.165) is 43.6 Å². The van der Waals surface area contributed by atoms with Crippen LogP contribution in [0.5, 0.6) is 0 Å². The molecule has 1 saturated heterocycles. The largest absolute Gasteiger partial charge is 0.306 e. The summed E-state index contributed by atoms with van der Waals surface area (Å²) < 4.78 is 54.6. The Bertz CT molecular complexity index is 1080. The van der Waals surface area contributed by atoms with E-state index >= 15 is 0 Å². The summed E-state index contributed by atoms with van der Waals surface area (Å²) in [4.78, 5) is 2.23. The Morgan fingerprint density at radius 3 is 2.26 bits per heavy atom. The van der Waals surface area contributed by atoms with Crippen LogP contribution in [0.25, 0.3) is 10.9 Å². The maximum absolute atomic E-state index is 13.9. The molecule has 0 atom stereocenters. The minimum atomic E-state index is -3.91. The topological polar surface area (TPSA) is 42.3 Å². The van der Waals surface area contributed by atoms with E-state index in [1.807, 2.05) is 0 Å². The fourth-order valence-electron chi connectivity index (χ4n) is 3.76. The zero-order chi connectivity index (χ0) is 19.2. The lowest BCUT2D eigenvalue weighted by Crippen LogP contribution is -2.29. The number of halogens is 2. The SMILES string of the molecule is CN1CCC(c2cn(S(=O)(=O)c3ccc(F)cc3)c3ccc(F)cc23)CC1. The van der Waals surface area contributed by atoms with Crippen molar-refractivity contribution in [2.45, 2.75) is 23.7 Å². The van der Waals surface area contributed by atoms with E-state index in [4.69, 9.17) is 0 Å². The molecule has 0 N–H and O–H groups in total. The number of fused-ring (bicyclic) bond motifs is 1. The Labute approximate surface area is 157 Å². The zero-order valence-electron chi connectivity index (χ0n) is 14.9. The molecule has 2 aromatic carbocycles. The number of rotatable bonds is 3. The highest BCUT2D eigenvalue weighted by molar-refractivity contribution is 7.90. The molecule has 1 aliphatic heterocycles. The summed E-state index contributed by atoms with van der Waals surface area (Å²) in [6.45, 7) is 1.83. The third kappa shape index (κ3) is 3.26. The van der Waals surface area contributed by atoms with Gasteiger partial charge in [0.15, 0.2) is 0 Å². The molecule has 0 unspecified atom stereocenters. The van der Waals surface area contributed by atoms with Gasteiger partial charge >= 0.3 is 0 Å². The number of piperidine rings is 1. The average molecular weight is 390 g/mol. The third-order valence-corrected chi connectivity index (χ3v) is 6.98. The highest BCUT2D eigenvalue weighted by Crippen LogP contribution is 2.36. The van der Waals surface area contributed by atoms with Crippen molar-refractivity contribution in [1.29, 1.82) is 0 Å². The zero-order valence-corrected chi connectivity index (χ0v) is 15.7. The summed E-state index contributed by atoms with van der Waals surface area (Å²) in [6.07, 6.45) is 3.39. The highest BCUT2D eigenvalue weighted by Gasteiger charge is 2.26. The normalized spacial score (nSPS) is 16.9. The van der Waals surface area contributed by atoms with Crippen molar-refractivity contribution >= 4 is 20.9 Å². The Kier molecular flexibility index (Phi) is 4.52. The summed E-state index contributed by atoms with van der Waals surface area (Å²) in [5.74, 6) is -0.718. The smallest absolute Gasteiger partial charge is 0.268 e. The Morgan fingerprint density at radius 2 is 1.59 bits per heavy atom. The number of likely N-dealkylation sites (tertiary alicyclic amines) is 1. The molecule has 0 saturated carbocycles. The van der Waals surface area contributed by atoms with E-state index in [9.17, 15) is 17.2 Å². The molecule has 2 heterocycles. The van der Waals surface area contributed by atoms with Crippen LogP contribution >= 0.6 is 0 Å². The lowest BCUT2D eigenvalue weighted by atomic mass is 9.89. The fraction of sp³-hybridized carbons (Fsp3) is 0.300. The van der Waals surface area contributed by atoms with Gasteiger partial charge in [-0.25, -0.2) is 21.2 Å². The van der Waals surface area contributed by atoms with Gasteiger partial charge in [0.05, 0.1) is 10.4 Å². The van der Waals surface area contributed by atoms with Crippen molar-refractivity contribution in [3.8, 4) is 0 Å². The summed E-state index contributed by atoms with van der Waals surface area (Å²) in [5, 5.41) is 0.621. The summed E-state index contributed by atoms with van der Waals surface area (Å²) in [5.41, 5.74) is 1.29. The van der Waals surface area contributed by atoms with Crippen LogP contribution in [0.4, 0.5) is 8.78 Å². The van der Waals surface area contributed by atoms with Crippen molar-refractivity contribution < 1.29 is 17.2 Å². The van der Waals surface area contributed by atoms with Crippen LogP contribution in [0.3, 0.4) is 0 Å². The van der Waals surface area contributed by atoms with E-state index < -0.39 is 21.7 Å². The van der Waals surface area contributed by atoms with Crippen LogP contribution in [0.15, 0.2) is 53.6 Å². The molecule has 142 valence electrons. The van der Waals surface area contributed by atoms with Crippen molar-refractivity contribution in [2.75, 3.05) is 20.1 Å². The predicted octanol–water partition coefficient (Wildman–Crippen LogP) is 3.97. The van der Waals surface area contributed by atoms with Gasteiger partial charge in [-0.3, -0.25) is 0 Å². The van der Waals surface area contributed by atoms with Crippen molar-refractivity contribution in [3.05, 3.63) is 65.9 Å². The average Bonchev–Trinajstić information content (AvgIpc) is 3.02. The Hall–Kier alpha value is -2.25. The summed E-state index contributed by atoms with van der Waals surface area (Å²) in [7, 11) is -1.85. The molecule has 1 fully saturated rings. The molecule has 0 aliphatic carbocycles. The maximum atomic E-state index is 13.9. The fourth-order valence-corrected chi connectivity index (χ4v) is 5.14. The molecule has 27 heavy (non-hydrogen) atoms. The molecule has 1 aliphatic rings. The first-order valence-corrected chi connectivity index (χ1v) is 10.3. The molecule has 4 nitrogen and oxygen atoms in total. The van der Waals surface area contributed by atoms with Crippen molar-refractivity contribution in [2.24, 2.45) is 0 Å². The van der Waals surface area contributed by atoms with Crippen molar-refractivity contribution in [3.63, 3.8) is 0 Å². The van der Waals surface area contributed by atoms with Crippen LogP contribution in [0.1, 0.15) is 24.3 Å². The van der Waals surface area contributed by atoms with Gasteiger partial charge in [0.1, 0.15) is 11.6 Å². The van der Waals surface area contributed by atoms with Crippen LogP contribution in [0.2, 0.25) is 0 Å². The second-order valence-electron chi connectivity index (χ2n) is 7.08. The standard InChI is InChI=1S/C20H20F2N2O2S/c1-23-10-8-14(9-11-23)19-13-24(20-7-4-16(22)12-18(19)20)27(25,26)17-5-2-15(21)3-6-17/h2-7,12-14H,8-11H2,1H3. The van der Waals surface area contributed by atoms with Crippen molar-refractivity contribution in [1.82, 2.24) is 8.87 Å². The first-order valence-electron chi connectivity index (χ1n) is 8.86. The quantitative estimate of drug-likeness (QED) is 0.680. The summed E-state index contributed by atoms with van der Waals surface area (Å²) in [6, 6.07) is 8.89. The van der Waals surface area contributed by atoms with E-state index in [-0.39, 0.29) is 10.8 Å². The number of benzene rings is 2. The van der Waals surface area contributed by atoms with Crippen LogP contribution in [0, 0.1) is 11.6 Å². The first-order chi connectivity index (χ1) is 12.9. The minimum Gasteiger partial charge on any atom is -0.306 e. The molecule has 0 spiro atoms. The lowest BCUT2D eigenvalue weighted by Gasteiger charge is -2.28. The summed E-state index contributed by atoms with van der Waals surface area (Å²) >= 11 is 0. The van der Waals surface area contributed by atoms with E-state index in [1.54, 1.807) is 6.20 Å². The molecule has 0 amide bonds. The first kappa shape index (κ1) is 18.1. The van der Waals surface area contributed by atoms with Gasteiger partial charge in [-0.15, -0.1) is 0 Å². The number of hydrogen-bond donors (Lipinski definition) is 0. The van der Waals surface area contributed by atoms with E-state index in [2.05, 4.69) is 11.9 Å².